The molecule has 0 amide bonds. The number of rotatable bonds is 2. The molecule has 6 heteroatoms. The minimum absolute atomic E-state index is 0.441. The number of alkyl halides is 1. The van der Waals surface area contributed by atoms with Crippen molar-refractivity contribution in [3.05, 3.63) is 18.7 Å². The standard InChI is InChI=1S/C8H11FN2O3/c9-6-5(3-12)14-8(7(6)13)11-2-1-10-4-11/h1-2,4-8,12-13H,3H2/t5-,6-,7-,8-/m1/s1. The third-order valence-corrected chi connectivity index (χ3v) is 2.29. The maximum absolute atomic E-state index is 13.3. The fourth-order valence-electron chi connectivity index (χ4n) is 1.52. The predicted molar refractivity (Wildman–Crippen MR) is 44.1 cm³/mol. The summed E-state index contributed by atoms with van der Waals surface area (Å²) in [7, 11) is 0. The molecule has 14 heavy (non-hydrogen) atoms. The lowest BCUT2D eigenvalue weighted by Crippen LogP contribution is -2.29. The first-order valence-corrected chi connectivity index (χ1v) is 4.30. The minimum Gasteiger partial charge on any atom is -0.394 e. The van der Waals surface area contributed by atoms with Gasteiger partial charge in [0.1, 0.15) is 12.2 Å². The molecule has 0 aliphatic carbocycles. The zero-order chi connectivity index (χ0) is 10.1. The molecule has 4 atom stereocenters. The van der Waals surface area contributed by atoms with E-state index in [1.165, 1.54) is 17.1 Å². The molecule has 1 fully saturated rings. The van der Waals surface area contributed by atoms with E-state index < -0.39 is 31.2 Å². The van der Waals surface area contributed by atoms with Crippen LogP contribution in [0.1, 0.15) is 6.23 Å². The molecule has 2 heterocycles. The van der Waals surface area contributed by atoms with Crippen LogP contribution in [0, 0.1) is 0 Å². The number of imidazole rings is 1. The Bertz CT molecular complexity index is 293. The summed E-state index contributed by atoms with van der Waals surface area (Å²) in [6, 6.07) is 0. The lowest BCUT2D eigenvalue weighted by molar-refractivity contribution is -0.0513. The van der Waals surface area contributed by atoms with Gasteiger partial charge in [0.2, 0.25) is 0 Å². The SMILES string of the molecule is OC[C@H]1O[C@@H](n2ccnc2)[C@H](O)[C@@H]1F. The number of aliphatic hydroxyl groups excluding tert-OH is 2. The van der Waals surface area contributed by atoms with Gasteiger partial charge in [-0.15, -0.1) is 0 Å². The minimum atomic E-state index is -1.56. The van der Waals surface area contributed by atoms with Crippen LogP contribution in [-0.4, -0.2) is 44.8 Å². The molecule has 78 valence electrons. The molecule has 0 spiro atoms. The average Bonchev–Trinajstić information content (AvgIpc) is 2.78. The van der Waals surface area contributed by atoms with Crippen molar-refractivity contribution in [1.29, 1.82) is 0 Å². The van der Waals surface area contributed by atoms with Crippen molar-refractivity contribution < 1.29 is 19.3 Å². The maximum Gasteiger partial charge on any atom is 0.164 e. The van der Waals surface area contributed by atoms with Crippen molar-refractivity contribution in [1.82, 2.24) is 9.55 Å². The highest BCUT2D eigenvalue weighted by atomic mass is 19.1. The first kappa shape index (κ1) is 9.57. The smallest absolute Gasteiger partial charge is 0.164 e. The molecule has 1 aromatic rings. The van der Waals surface area contributed by atoms with Gasteiger partial charge >= 0.3 is 0 Å². The lowest BCUT2D eigenvalue weighted by atomic mass is 10.1. The van der Waals surface area contributed by atoms with E-state index in [1.807, 2.05) is 0 Å². The van der Waals surface area contributed by atoms with Crippen LogP contribution in [0.3, 0.4) is 0 Å². The summed E-state index contributed by atoms with van der Waals surface area (Å²) in [4.78, 5) is 3.76. The van der Waals surface area contributed by atoms with Gasteiger partial charge in [-0.3, -0.25) is 0 Å². The van der Waals surface area contributed by atoms with Crippen LogP contribution in [0.5, 0.6) is 0 Å². The highest BCUT2D eigenvalue weighted by molar-refractivity contribution is 4.91. The molecule has 1 aromatic heterocycles. The largest absolute Gasteiger partial charge is 0.394 e. The van der Waals surface area contributed by atoms with Crippen molar-refractivity contribution in [2.24, 2.45) is 0 Å². The van der Waals surface area contributed by atoms with Gasteiger partial charge in [-0.1, -0.05) is 0 Å². The third-order valence-electron chi connectivity index (χ3n) is 2.29. The molecule has 1 aliphatic heterocycles. The van der Waals surface area contributed by atoms with E-state index in [0.717, 1.165) is 0 Å². The Kier molecular flexibility index (Phi) is 2.49. The van der Waals surface area contributed by atoms with Gasteiger partial charge in [0.05, 0.1) is 12.9 Å². The Morgan fingerprint density at radius 1 is 1.57 bits per heavy atom. The topological polar surface area (TPSA) is 67.5 Å². The molecule has 0 bridgehead atoms. The molecule has 1 aliphatic rings. The van der Waals surface area contributed by atoms with Gasteiger partial charge in [-0.05, 0) is 0 Å². The molecule has 5 nitrogen and oxygen atoms in total. The molecule has 0 saturated carbocycles. The Labute approximate surface area is 79.8 Å². The Morgan fingerprint density at radius 2 is 2.36 bits per heavy atom. The maximum atomic E-state index is 13.3. The summed E-state index contributed by atoms with van der Waals surface area (Å²) >= 11 is 0. The molecular formula is C8H11FN2O3. The van der Waals surface area contributed by atoms with Crippen molar-refractivity contribution in [3.63, 3.8) is 0 Å². The van der Waals surface area contributed by atoms with Crippen LogP contribution in [0.15, 0.2) is 18.7 Å². The number of aromatic nitrogens is 2. The molecule has 0 aromatic carbocycles. The second-order valence-electron chi connectivity index (χ2n) is 3.19. The van der Waals surface area contributed by atoms with Crippen LogP contribution in [0.25, 0.3) is 0 Å². The zero-order valence-electron chi connectivity index (χ0n) is 7.32. The number of ether oxygens (including phenoxy) is 1. The fraction of sp³-hybridized carbons (Fsp3) is 0.625. The van der Waals surface area contributed by atoms with Gasteiger partial charge in [-0.2, -0.15) is 0 Å². The van der Waals surface area contributed by atoms with Crippen molar-refractivity contribution in [3.8, 4) is 0 Å². The number of halogens is 1. The predicted octanol–water partition coefficient (Wildman–Crippen LogP) is -0.528. The van der Waals surface area contributed by atoms with Gasteiger partial charge in [0, 0.05) is 12.4 Å². The van der Waals surface area contributed by atoms with Crippen LogP contribution in [0.2, 0.25) is 0 Å². The van der Waals surface area contributed by atoms with Crippen LogP contribution in [0.4, 0.5) is 4.39 Å². The summed E-state index contributed by atoms with van der Waals surface area (Å²) in [6.45, 7) is -0.441. The van der Waals surface area contributed by atoms with Crippen LogP contribution >= 0.6 is 0 Å². The second kappa shape index (κ2) is 3.64. The van der Waals surface area contributed by atoms with E-state index in [0.29, 0.717) is 0 Å². The van der Waals surface area contributed by atoms with Crippen molar-refractivity contribution in [2.45, 2.75) is 24.6 Å². The molecule has 0 unspecified atom stereocenters. The van der Waals surface area contributed by atoms with Crippen molar-refractivity contribution in [2.75, 3.05) is 6.61 Å². The summed E-state index contributed by atoms with van der Waals surface area (Å²) in [6.07, 6.45) is -0.0770. The highest BCUT2D eigenvalue weighted by Gasteiger charge is 2.44. The number of aliphatic hydroxyl groups is 2. The monoisotopic (exact) mass is 202 g/mol. The second-order valence-corrected chi connectivity index (χ2v) is 3.19. The first-order chi connectivity index (χ1) is 6.74. The quantitative estimate of drug-likeness (QED) is 0.676. The van der Waals surface area contributed by atoms with E-state index in [4.69, 9.17) is 9.84 Å². The first-order valence-electron chi connectivity index (χ1n) is 4.30. The summed E-state index contributed by atoms with van der Waals surface area (Å²) < 4.78 is 19.8. The average molecular weight is 202 g/mol. The number of nitrogens with zero attached hydrogens (tertiary/aromatic N) is 2. The zero-order valence-corrected chi connectivity index (χ0v) is 7.32. The van der Waals surface area contributed by atoms with Gasteiger partial charge < -0.3 is 19.5 Å². The summed E-state index contributed by atoms with van der Waals surface area (Å²) in [5, 5.41) is 18.2. The van der Waals surface area contributed by atoms with E-state index >= 15 is 0 Å². The lowest BCUT2D eigenvalue weighted by Gasteiger charge is -2.14. The highest BCUT2D eigenvalue weighted by Crippen LogP contribution is 2.30. The fourth-order valence-corrected chi connectivity index (χ4v) is 1.52. The molecule has 2 N–H and O–H groups in total. The van der Waals surface area contributed by atoms with E-state index in [9.17, 15) is 9.50 Å². The van der Waals surface area contributed by atoms with Gasteiger partial charge in [0.25, 0.3) is 0 Å². The molecule has 0 radical (unpaired) electrons. The van der Waals surface area contributed by atoms with E-state index in [1.54, 1.807) is 6.20 Å². The summed E-state index contributed by atoms with van der Waals surface area (Å²) in [5.41, 5.74) is 0. The molecular weight excluding hydrogens is 191 g/mol. The van der Waals surface area contributed by atoms with Gasteiger partial charge in [0.15, 0.2) is 12.4 Å². The van der Waals surface area contributed by atoms with Crippen LogP contribution < -0.4 is 0 Å². The Balaban J connectivity index is 2.16. The number of hydrogen-bond donors (Lipinski definition) is 2. The summed E-state index contributed by atoms with van der Waals surface area (Å²) in [5.74, 6) is 0. The Hall–Kier alpha value is -0.980. The van der Waals surface area contributed by atoms with E-state index in [-0.39, 0.29) is 0 Å². The van der Waals surface area contributed by atoms with Crippen molar-refractivity contribution >= 4 is 0 Å². The number of hydrogen-bond acceptors (Lipinski definition) is 4. The normalized spacial score (nSPS) is 37.6. The molecule has 1 saturated heterocycles. The van der Waals surface area contributed by atoms with Gasteiger partial charge in [-0.25, -0.2) is 9.37 Å². The molecule has 2 rings (SSSR count). The third kappa shape index (κ3) is 1.41. The van der Waals surface area contributed by atoms with Crippen LogP contribution in [-0.2, 0) is 4.74 Å². The Morgan fingerprint density at radius 3 is 2.86 bits per heavy atom. The van der Waals surface area contributed by atoms with E-state index in [2.05, 4.69) is 4.98 Å².